The van der Waals surface area contributed by atoms with E-state index in [1.807, 2.05) is 0 Å². The molecule has 0 radical (unpaired) electrons. The number of hydrogen-bond donors (Lipinski definition) is 2. The van der Waals surface area contributed by atoms with Crippen molar-refractivity contribution in [2.24, 2.45) is 10.9 Å². The summed E-state index contributed by atoms with van der Waals surface area (Å²) in [6.45, 7) is 6.83. The van der Waals surface area contributed by atoms with Crippen molar-refractivity contribution < 1.29 is 8.42 Å². The van der Waals surface area contributed by atoms with E-state index in [1.165, 1.54) is 25.7 Å². The lowest BCUT2D eigenvalue weighted by molar-refractivity contribution is 0.106. The summed E-state index contributed by atoms with van der Waals surface area (Å²) in [5.41, 5.74) is 0. The first-order valence-corrected chi connectivity index (χ1v) is 8.99. The van der Waals surface area contributed by atoms with E-state index in [1.54, 1.807) is 13.8 Å². The van der Waals surface area contributed by atoms with Crippen LogP contribution in [0.1, 0.15) is 46.5 Å². The van der Waals surface area contributed by atoms with Crippen molar-refractivity contribution in [3.05, 3.63) is 0 Å². The Kier molecular flexibility index (Phi) is 4.90. The maximum absolute atomic E-state index is 11.8. The van der Waals surface area contributed by atoms with Crippen molar-refractivity contribution in [2.45, 2.75) is 57.7 Å². The van der Waals surface area contributed by atoms with Gasteiger partial charge in [0.05, 0.1) is 18.6 Å². The molecular formula is C13H26N4O2S. The smallest absolute Gasteiger partial charge is 0.237 e. The van der Waals surface area contributed by atoms with Gasteiger partial charge in [0.1, 0.15) is 0 Å². The van der Waals surface area contributed by atoms with Crippen LogP contribution < -0.4 is 10.0 Å². The van der Waals surface area contributed by atoms with E-state index in [-0.39, 0.29) is 0 Å². The number of hydrogen-bond acceptors (Lipinski definition) is 5. The Balaban J connectivity index is 1.93. The number of aliphatic imine (C=N–C) groups is 1. The molecule has 2 rings (SSSR count). The molecular weight excluding hydrogens is 276 g/mol. The first-order valence-electron chi connectivity index (χ1n) is 7.44. The molecule has 0 aromatic rings. The Morgan fingerprint density at radius 3 is 2.60 bits per heavy atom. The summed E-state index contributed by atoms with van der Waals surface area (Å²) in [4.78, 5) is 6.63. The van der Waals surface area contributed by atoms with Crippen LogP contribution in [-0.4, -0.2) is 43.9 Å². The number of guanidine groups is 1. The lowest BCUT2D eigenvalue weighted by Gasteiger charge is -2.39. The van der Waals surface area contributed by atoms with Gasteiger partial charge >= 0.3 is 0 Å². The first-order chi connectivity index (χ1) is 9.40. The zero-order chi connectivity index (χ0) is 14.8. The fourth-order valence-corrected chi connectivity index (χ4v) is 3.47. The Bertz CT molecular complexity index is 461. The lowest BCUT2D eigenvalue weighted by Crippen LogP contribution is -2.55. The fourth-order valence-electron chi connectivity index (χ4n) is 2.83. The van der Waals surface area contributed by atoms with Gasteiger partial charge in [-0.1, -0.05) is 19.8 Å². The van der Waals surface area contributed by atoms with E-state index in [0.29, 0.717) is 31.3 Å². The summed E-state index contributed by atoms with van der Waals surface area (Å²) in [5.74, 6) is 1.06. The van der Waals surface area contributed by atoms with Gasteiger partial charge in [-0.25, -0.2) is 13.4 Å². The predicted octanol–water partition coefficient (Wildman–Crippen LogP) is 1.07. The van der Waals surface area contributed by atoms with Crippen molar-refractivity contribution in [3.8, 4) is 0 Å². The molecule has 1 heterocycles. The highest BCUT2D eigenvalue weighted by molar-refractivity contribution is 7.90. The van der Waals surface area contributed by atoms with Crippen LogP contribution in [0.5, 0.6) is 0 Å². The lowest BCUT2D eigenvalue weighted by atomic mass is 9.85. The highest BCUT2D eigenvalue weighted by Crippen LogP contribution is 2.28. The average molecular weight is 302 g/mol. The molecule has 2 atom stereocenters. The SMILES string of the molecule is CC(C)S(=O)(=O)NC1=NCN([C@H]2CCCC[C@@H]2C)CN1. The number of nitrogens with zero attached hydrogens (tertiary/aromatic N) is 2. The molecule has 1 saturated carbocycles. The van der Waals surface area contributed by atoms with Crippen LogP contribution in [0, 0.1) is 5.92 Å². The molecule has 2 aliphatic rings. The molecule has 1 aliphatic carbocycles. The zero-order valence-electron chi connectivity index (χ0n) is 12.6. The second-order valence-corrected chi connectivity index (χ2v) is 8.33. The standard InChI is InChI=1S/C13H26N4O2S/c1-10(2)20(18,19)16-13-14-8-17(9-15-13)12-7-5-4-6-11(12)3/h10-12H,4-9H2,1-3H3,(H2,14,15,16)/t11-,12-/m0/s1. The van der Waals surface area contributed by atoms with Crippen molar-refractivity contribution >= 4 is 16.0 Å². The minimum atomic E-state index is -3.31. The molecule has 0 amide bonds. The van der Waals surface area contributed by atoms with Gasteiger partial charge in [0.2, 0.25) is 16.0 Å². The van der Waals surface area contributed by atoms with Crippen molar-refractivity contribution in [1.82, 2.24) is 14.9 Å². The molecule has 0 unspecified atom stereocenters. The summed E-state index contributed by atoms with van der Waals surface area (Å²) in [7, 11) is -3.31. The van der Waals surface area contributed by atoms with Crippen molar-refractivity contribution in [1.29, 1.82) is 0 Å². The third kappa shape index (κ3) is 3.63. The van der Waals surface area contributed by atoms with Crippen LogP contribution in [-0.2, 0) is 10.0 Å². The van der Waals surface area contributed by atoms with E-state index < -0.39 is 15.3 Å². The van der Waals surface area contributed by atoms with Crippen LogP contribution in [0.25, 0.3) is 0 Å². The molecule has 6 nitrogen and oxygen atoms in total. The Morgan fingerprint density at radius 2 is 2.05 bits per heavy atom. The van der Waals surface area contributed by atoms with Gasteiger partial charge in [-0.2, -0.15) is 0 Å². The largest absolute Gasteiger partial charge is 0.343 e. The fraction of sp³-hybridized carbons (Fsp3) is 0.923. The van der Waals surface area contributed by atoms with Gasteiger partial charge in [-0.3, -0.25) is 9.62 Å². The van der Waals surface area contributed by atoms with Gasteiger partial charge in [-0.15, -0.1) is 0 Å². The van der Waals surface area contributed by atoms with Crippen LogP contribution in [0.3, 0.4) is 0 Å². The first kappa shape index (κ1) is 15.6. The molecule has 7 heteroatoms. The number of sulfonamides is 1. The maximum Gasteiger partial charge on any atom is 0.237 e. The Labute approximate surface area is 122 Å². The summed E-state index contributed by atoms with van der Waals surface area (Å²) >= 11 is 0. The monoisotopic (exact) mass is 302 g/mol. The molecule has 0 spiro atoms. The molecule has 2 N–H and O–H groups in total. The summed E-state index contributed by atoms with van der Waals surface area (Å²) < 4.78 is 26.1. The van der Waals surface area contributed by atoms with Crippen LogP contribution in [0.15, 0.2) is 4.99 Å². The zero-order valence-corrected chi connectivity index (χ0v) is 13.4. The second-order valence-electron chi connectivity index (χ2n) is 6.10. The van der Waals surface area contributed by atoms with E-state index in [9.17, 15) is 8.42 Å². The molecule has 0 saturated heterocycles. The van der Waals surface area contributed by atoms with E-state index in [0.717, 1.165) is 0 Å². The van der Waals surface area contributed by atoms with Gasteiger partial charge in [0, 0.05) is 6.04 Å². The maximum atomic E-state index is 11.8. The molecule has 1 aliphatic heterocycles. The quantitative estimate of drug-likeness (QED) is 0.818. The van der Waals surface area contributed by atoms with Gasteiger partial charge in [0.25, 0.3) is 0 Å². The third-order valence-electron chi connectivity index (χ3n) is 4.25. The van der Waals surface area contributed by atoms with Crippen molar-refractivity contribution in [3.63, 3.8) is 0 Å². The van der Waals surface area contributed by atoms with Crippen LogP contribution in [0.4, 0.5) is 0 Å². The normalized spacial score (nSPS) is 28.9. The molecule has 20 heavy (non-hydrogen) atoms. The summed E-state index contributed by atoms with van der Waals surface area (Å²) in [6, 6.07) is 0.559. The number of rotatable bonds is 3. The van der Waals surface area contributed by atoms with Gasteiger partial charge in [0.15, 0.2) is 0 Å². The minimum absolute atomic E-state index is 0.374. The van der Waals surface area contributed by atoms with Crippen LogP contribution >= 0.6 is 0 Å². The second kappa shape index (κ2) is 6.30. The molecule has 1 fully saturated rings. The number of nitrogens with one attached hydrogen (secondary N) is 2. The Hall–Kier alpha value is -0.820. The minimum Gasteiger partial charge on any atom is -0.343 e. The van der Waals surface area contributed by atoms with E-state index in [4.69, 9.17) is 0 Å². The summed E-state index contributed by atoms with van der Waals surface area (Å²) in [6.07, 6.45) is 5.09. The Morgan fingerprint density at radius 1 is 1.35 bits per heavy atom. The van der Waals surface area contributed by atoms with Gasteiger partial charge < -0.3 is 5.32 Å². The molecule has 0 aromatic carbocycles. The third-order valence-corrected chi connectivity index (χ3v) is 5.97. The highest BCUT2D eigenvalue weighted by Gasteiger charge is 2.29. The van der Waals surface area contributed by atoms with Gasteiger partial charge in [-0.05, 0) is 32.6 Å². The molecule has 0 aromatic heterocycles. The van der Waals surface area contributed by atoms with E-state index in [2.05, 4.69) is 26.9 Å². The molecule has 116 valence electrons. The van der Waals surface area contributed by atoms with Crippen molar-refractivity contribution in [2.75, 3.05) is 13.3 Å². The molecule has 0 bridgehead atoms. The summed E-state index contributed by atoms with van der Waals surface area (Å²) in [5, 5.41) is 2.63. The predicted molar refractivity (Wildman–Crippen MR) is 80.8 cm³/mol. The van der Waals surface area contributed by atoms with Crippen LogP contribution in [0.2, 0.25) is 0 Å². The average Bonchev–Trinajstić information content (AvgIpc) is 2.40. The highest BCUT2D eigenvalue weighted by atomic mass is 32.2. The topological polar surface area (TPSA) is 73.8 Å². The van der Waals surface area contributed by atoms with E-state index >= 15 is 0 Å².